The third-order valence-corrected chi connectivity index (χ3v) is 5.61. The van der Waals surface area contributed by atoms with Gasteiger partial charge in [0, 0.05) is 44.3 Å². The minimum Gasteiger partial charge on any atom is -0.339 e. The molecular formula is C20H31N3O. The Kier molecular flexibility index (Phi) is 5.26. The fourth-order valence-electron chi connectivity index (χ4n) is 3.96. The van der Waals surface area contributed by atoms with Crippen LogP contribution in [0.2, 0.25) is 0 Å². The summed E-state index contributed by atoms with van der Waals surface area (Å²) in [4.78, 5) is 17.2. The van der Waals surface area contributed by atoms with Crippen LogP contribution in [-0.2, 0) is 6.54 Å². The lowest BCUT2D eigenvalue weighted by atomic mass is 9.79. The lowest BCUT2D eigenvalue weighted by Crippen LogP contribution is -2.52. The van der Waals surface area contributed by atoms with Crippen molar-refractivity contribution in [2.45, 2.75) is 52.1 Å². The molecule has 24 heavy (non-hydrogen) atoms. The number of hydrogen-bond donors (Lipinski definition) is 1. The number of rotatable bonds is 3. The van der Waals surface area contributed by atoms with Crippen LogP contribution in [0.4, 0.5) is 0 Å². The number of nitrogens with two attached hydrogens (primary N) is 1. The summed E-state index contributed by atoms with van der Waals surface area (Å²) in [5.41, 5.74) is 8.45. The summed E-state index contributed by atoms with van der Waals surface area (Å²) in [5, 5.41) is 0. The first-order valence-corrected chi connectivity index (χ1v) is 9.32. The van der Waals surface area contributed by atoms with Gasteiger partial charge in [-0.1, -0.05) is 26.0 Å². The van der Waals surface area contributed by atoms with Crippen LogP contribution < -0.4 is 5.73 Å². The molecule has 2 heterocycles. The Hall–Kier alpha value is -1.39. The first kappa shape index (κ1) is 17.4. The SMILES string of the molecule is CC1(C)CN(Cc2cccc(C(=O)N3CCCCC3)c2)CCC1N. The Balaban J connectivity index is 1.66. The molecular weight excluding hydrogens is 298 g/mol. The number of nitrogens with zero attached hydrogens (tertiary/aromatic N) is 2. The highest BCUT2D eigenvalue weighted by Crippen LogP contribution is 2.28. The predicted molar refractivity (Wildman–Crippen MR) is 97.8 cm³/mol. The molecule has 0 aliphatic carbocycles. The zero-order valence-corrected chi connectivity index (χ0v) is 15.1. The minimum absolute atomic E-state index is 0.152. The Morgan fingerprint density at radius 3 is 2.67 bits per heavy atom. The minimum atomic E-state index is 0.152. The second-order valence-corrected chi connectivity index (χ2v) is 8.15. The molecule has 2 aliphatic rings. The molecule has 0 bridgehead atoms. The molecule has 2 N–H and O–H groups in total. The molecule has 4 nitrogen and oxygen atoms in total. The van der Waals surface area contributed by atoms with Gasteiger partial charge in [-0.15, -0.1) is 0 Å². The summed E-state index contributed by atoms with van der Waals surface area (Å²) in [6.45, 7) is 9.26. The Morgan fingerprint density at radius 1 is 1.21 bits per heavy atom. The van der Waals surface area contributed by atoms with E-state index >= 15 is 0 Å². The second kappa shape index (κ2) is 7.24. The van der Waals surface area contributed by atoms with Crippen LogP contribution in [-0.4, -0.2) is 47.9 Å². The van der Waals surface area contributed by atoms with Gasteiger partial charge in [-0.25, -0.2) is 0 Å². The van der Waals surface area contributed by atoms with E-state index in [0.717, 1.165) is 57.5 Å². The molecule has 0 radical (unpaired) electrons. The average Bonchev–Trinajstić information content (AvgIpc) is 2.58. The highest BCUT2D eigenvalue weighted by Gasteiger charge is 2.33. The predicted octanol–water partition coefficient (Wildman–Crippen LogP) is 2.87. The summed E-state index contributed by atoms with van der Waals surface area (Å²) in [7, 11) is 0. The first-order valence-electron chi connectivity index (χ1n) is 9.32. The molecule has 1 unspecified atom stereocenters. The summed E-state index contributed by atoms with van der Waals surface area (Å²) in [5.74, 6) is 0.192. The van der Waals surface area contributed by atoms with Crippen LogP contribution in [0.15, 0.2) is 24.3 Å². The van der Waals surface area contributed by atoms with E-state index in [1.807, 2.05) is 17.0 Å². The molecule has 1 aromatic carbocycles. The Morgan fingerprint density at radius 2 is 1.96 bits per heavy atom. The van der Waals surface area contributed by atoms with Crippen LogP contribution >= 0.6 is 0 Å². The third-order valence-electron chi connectivity index (χ3n) is 5.61. The van der Waals surface area contributed by atoms with Gasteiger partial charge in [0.1, 0.15) is 0 Å². The smallest absolute Gasteiger partial charge is 0.253 e. The Labute approximate surface area is 146 Å². The van der Waals surface area contributed by atoms with Crippen LogP contribution in [0.5, 0.6) is 0 Å². The number of likely N-dealkylation sites (tertiary alicyclic amines) is 2. The molecule has 1 amide bonds. The highest BCUT2D eigenvalue weighted by molar-refractivity contribution is 5.94. The summed E-state index contributed by atoms with van der Waals surface area (Å²) >= 11 is 0. The molecule has 2 fully saturated rings. The zero-order chi connectivity index (χ0) is 17.2. The maximum Gasteiger partial charge on any atom is 0.253 e. The largest absolute Gasteiger partial charge is 0.339 e. The molecule has 132 valence electrons. The summed E-state index contributed by atoms with van der Waals surface area (Å²) < 4.78 is 0. The number of carbonyl (C=O) groups excluding carboxylic acids is 1. The maximum atomic E-state index is 12.7. The lowest BCUT2D eigenvalue weighted by Gasteiger charge is -2.42. The highest BCUT2D eigenvalue weighted by atomic mass is 16.2. The number of benzene rings is 1. The fraction of sp³-hybridized carbons (Fsp3) is 0.650. The number of amides is 1. The van der Waals surface area contributed by atoms with E-state index in [9.17, 15) is 4.79 Å². The quantitative estimate of drug-likeness (QED) is 0.928. The monoisotopic (exact) mass is 329 g/mol. The van der Waals surface area contributed by atoms with Crippen molar-refractivity contribution in [3.05, 3.63) is 35.4 Å². The molecule has 4 heteroatoms. The van der Waals surface area contributed by atoms with Crippen molar-refractivity contribution in [3.63, 3.8) is 0 Å². The standard InChI is InChI=1S/C20H31N3O/c1-20(2)15-22(12-9-18(20)21)14-16-7-6-8-17(13-16)19(24)23-10-4-3-5-11-23/h6-8,13,18H,3-5,9-12,14-15,21H2,1-2H3. The fourth-order valence-corrected chi connectivity index (χ4v) is 3.96. The van der Waals surface area contributed by atoms with Crippen molar-refractivity contribution in [3.8, 4) is 0 Å². The molecule has 0 saturated carbocycles. The van der Waals surface area contributed by atoms with E-state index in [1.54, 1.807) is 0 Å². The molecule has 0 aromatic heterocycles. The van der Waals surface area contributed by atoms with Crippen LogP contribution in [0, 0.1) is 5.41 Å². The maximum absolute atomic E-state index is 12.7. The van der Waals surface area contributed by atoms with E-state index in [1.165, 1.54) is 12.0 Å². The average molecular weight is 329 g/mol. The molecule has 1 atom stereocenters. The lowest BCUT2D eigenvalue weighted by molar-refractivity contribution is 0.0723. The van der Waals surface area contributed by atoms with Crippen LogP contribution in [0.3, 0.4) is 0 Å². The van der Waals surface area contributed by atoms with Crippen molar-refractivity contribution in [2.75, 3.05) is 26.2 Å². The third kappa shape index (κ3) is 3.98. The van der Waals surface area contributed by atoms with Gasteiger partial charge >= 0.3 is 0 Å². The zero-order valence-electron chi connectivity index (χ0n) is 15.1. The number of piperidine rings is 2. The number of carbonyl (C=O) groups is 1. The molecule has 3 rings (SSSR count). The van der Waals surface area contributed by atoms with E-state index < -0.39 is 0 Å². The topological polar surface area (TPSA) is 49.6 Å². The van der Waals surface area contributed by atoms with Gasteiger partial charge in [-0.05, 0) is 48.8 Å². The number of hydrogen-bond acceptors (Lipinski definition) is 3. The molecule has 2 saturated heterocycles. The van der Waals surface area contributed by atoms with Crippen molar-refractivity contribution in [1.82, 2.24) is 9.80 Å². The normalized spacial score (nSPS) is 24.8. The van der Waals surface area contributed by atoms with E-state index in [4.69, 9.17) is 5.73 Å². The summed E-state index contributed by atoms with van der Waals surface area (Å²) in [6, 6.07) is 8.47. The van der Waals surface area contributed by atoms with Gasteiger partial charge in [0.25, 0.3) is 5.91 Å². The van der Waals surface area contributed by atoms with Gasteiger partial charge in [-0.3, -0.25) is 9.69 Å². The Bertz CT molecular complexity index is 578. The van der Waals surface area contributed by atoms with Gasteiger partial charge < -0.3 is 10.6 Å². The van der Waals surface area contributed by atoms with Gasteiger partial charge in [0.05, 0.1) is 0 Å². The molecule has 1 aromatic rings. The van der Waals surface area contributed by atoms with Crippen molar-refractivity contribution >= 4 is 5.91 Å². The first-order chi connectivity index (χ1) is 11.5. The molecule has 2 aliphatic heterocycles. The van der Waals surface area contributed by atoms with Crippen LogP contribution in [0.25, 0.3) is 0 Å². The van der Waals surface area contributed by atoms with Gasteiger partial charge in [0.2, 0.25) is 0 Å². The van der Waals surface area contributed by atoms with Crippen LogP contribution in [0.1, 0.15) is 55.5 Å². The van der Waals surface area contributed by atoms with E-state index in [-0.39, 0.29) is 17.4 Å². The van der Waals surface area contributed by atoms with Crippen molar-refractivity contribution in [2.24, 2.45) is 11.1 Å². The van der Waals surface area contributed by atoms with Crippen molar-refractivity contribution in [1.29, 1.82) is 0 Å². The summed E-state index contributed by atoms with van der Waals surface area (Å²) in [6.07, 6.45) is 4.55. The van der Waals surface area contributed by atoms with Gasteiger partial charge in [0.15, 0.2) is 0 Å². The van der Waals surface area contributed by atoms with Gasteiger partial charge in [-0.2, -0.15) is 0 Å². The molecule has 0 spiro atoms. The second-order valence-electron chi connectivity index (χ2n) is 8.15. The van der Waals surface area contributed by atoms with E-state index in [2.05, 4.69) is 30.9 Å². The van der Waals surface area contributed by atoms with Crippen molar-refractivity contribution < 1.29 is 4.79 Å². The van der Waals surface area contributed by atoms with E-state index in [0.29, 0.717) is 0 Å².